The summed E-state index contributed by atoms with van der Waals surface area (Å²) in [5.74, 6) is 1.25. The molecule has 2 aromatic rings. The van der Waals surface area contributed by atoms with Crippen LogP contribution in [0.1, 0.15) is 12.0 Å². The molecule has 0 radical (unpaired) electrons. The Morgan fingerprint density at radius 1 is 1.09 bits per heavy atom. The van der Waals surface area contributed by atoms with Gasteiger partial charge in [-0.1, -0.05) is 52.3 Å². The SMILES string of the molecule is O=C1NC(CCOc2ccccc2)=N/C1=C\c1ccccc1Br. The van der Waals surface area contributed by atoms with Gasteiger partial charge in [0.15, 0.2) is 0 Å². The summed E-state index contributed by atoms with van der Waals surface area (Å²) >= 11 is 3.46. The van der Waals surface area contributed by atoms with E-state index in [-0.39, 0.29) is 5.91 Å². The van der Waals surface area contributed by atoms with Gasteiger partial charge in [0.1, 0.15) is 17.3 Å². The highest BCUT2D eigenvalue weighted by atomic mass is 79.9. The van der Waals surface area contributed by atoms with E-state index in [1.165, 1.54) is 0 Å². The number of nitrogens with one attached hydrogen (secondary N) is 1. The first-order chi connectivity index (χ1) is 11.2. The van der Waals surface area contributed by atoms with Crippen LogP contribution in [0.3, 0.4) is 0 Å². The Morgan fingerprint density at radius 3 is 2.61 bits per heavy atom. The standard InChI is InChI=1S/C18H15BrN2O2/c19-15-9-5-4-6-13(15)12-16-18(22)21-17(20-16)10-11-23-14-7-2-1-3-8-14/h1-9,12H,10-11H2,(H,20,21,22)/b16-12-. The van der Waals surface area contributed by atoms with Crippen molar-refractivity contribution < 1.29 is 9.53 Å². The van der Waals surface area contributed by atoms with Gasteiger partial charge < -0.3 is 10.1 Å². The van der Waals surface area contributed by atoms with Gasteiger partial charge >= 0.3 is 0 Å². The number of carbonyl (C=O) groups is 1. The molecule has 5 heteroatoms. The maximum Gasteiger partial charge on any atom is 0.275 e. The van der Waals surface area contributed by atoms with Gasteiger partial charge in [0, 0.05) is 10.9 Å². The van der Waals surface area contributed by atoms with E-state index < -0.39 is 0 Å². The van der Waals surface area contributed by atoms with E-state index in [1.807, 2.05) is 54.6 Å². The number of benzene rings is 2. The van der Waals surface area contributed by atoms with Crippen molar-refractivity contribution in [3.8, 4) is 5.75 Å². The molecule has 0 unspecified atom stereocenters. The van der Waals surface area contributed by atoms with E-state index in [9.17, 15) is 4.79 Å². The van der Waals surface area contributed by atoms with Gasteiger partial charge in [-0.15, -0.1) is 0 Å². The number of halogens is 1. The molecule has 0 spiro atoms. The lowest BCUT2D eigenvalue weighted by Crippen LogP contribution is -2.25. The number of hydrogen-bond donors (Lipinski definition) is 1. The molecule has 0 saturated heterocycles. The van der Waals surface area contributed by atoms with Gasteiger partial charge in [-0.3, -0.25) is 4.79 Å². The fraction of sp³-hybridized carbons (Fsp3) is 0.111. The van der Waals surface area contributed by atoms with Crippen molar-refractivity contribution in [3.05, 3.63) is 70.3 Å². The Balaban J connectivity index is 1.64. The number of hydrogen-bond acceptors (Lipinski definition) is 3. The van der Waals surface area contributed by atoms with Gasteiger partial charge in [0.2, 0.25) is 0 Å². The van der Waals surface area contributed by atoms with E-state index in [4.69, 9.17) is 4.74 Å². The smallest absolute Gasteiger partial charge is 0.275 e. The molecule has 0 bridgehead atoms. The fourth-order valence-corrected chi connectivity index (χ4v) is 2.56. The first-order valence-electron chi connectivity index (χ1n) is 7.25. The molecule has 0 saturated carbocycles. The second-order valence-corrected chi connectivity index (χ2v) is 5.83. The minimum absolute atomic E-state index is 0.185. The zero-order valence-electron chi connectivity index (χ0n) is 12.3. The quantitative estimate of drug-likeness (QED) is 0.814. The van der Waals surface area contributed by atoms with Gasteiger partial charge in [-0.05, 0) is 29.8 Å². The summed E-state index contributed by atoms with van der Waals surface area (Å²) in [6, 6.07) is 17.3. The number of para-hydroxylation sites is 1. The zero-order valence-corrected chi connectivity index (χ0v) is 13.9. The highest BCUT2D eigenvalue weighted by molar-refractivity contribution is 9.10. The van der Waals surface area contributed by atoms with Crippen molar-refractivity contribution in [2.45, 2.75) is 6.42 Å². The van der Waals surface area contributed by atoms with Gasteiger partial charge in [-0.2, -0.15) is 0 Å². The molecule has 1 amide bonds. The summed E-state index contributed by atoms with van der Waals surface area (Å²) in [6.07, 6.45) is 2.32. The van der Waals surface area contributed by atoms with Crippen LogP contribution >= 0.6 is 15.9 Å². The van der Waals surface area contributed by atoms with E-state index >= 15 is 0 Å². The number of nitrogens with zero attached hydrogens (tertiary/aromatic N) is 1. The monoisotopic (exact) mass is 370 g/mol. The molecule has 1 N–H and O–H groups in total. The Morgan fingerprint density at radius 2 is 1.83 bits per heavy atom. The average molecular weight is 371 g/mol. The first kappa shape index (κ1) is 15.5. The molecule has 4 nitrogen and oxygen atoms in total. The van der Waals surface area contributed by atoms with Crippen LogP contribution in [0.15, 0.2) is 69.8 Å². The number of carbonyl (C=O) groups excluding carboxylic acids is 1. The predicted octanol–water partition coefficient (Wildman–Crippen LogP) is 3.79. The molecule has 1 aliphatic rings. The molecular formula is C18H15BrN2O2. The van der Waals surface area contributed by atoms with Crippen LogP contribution in [-0.4, -0.2) is 18.3 Å². The molecule has 0 aromatic heterocycles. The van der Waals surface area contributed by atoms with Crippen molar-refractivity contribution in [1.29, 1.82) is 0 Å². The number of ether oxygens (including phenoxy) is 1. The van der Waals surface area contributed by atoms with Gasteiger partial charge in [0.05, 0.1) is 6.61 Å². The lowest BCUT2D eigenvalue weighted by molar-refractivity contribution is -0.115. The van der Waals surface area contributed by atoms with Crippen molar-refractivity contribution in [2.75, 3.05) is 6.61 Å². The fourth-order valence-electron chi connectivity index (χ4n) is 2.16. The highest BCUT2D eigenvalue weighted by Gasteiger charge is 2.19. The van der Waals surface area contributed by atoms with E-state index in [2.05, 4.69) is 26.2 Å². The molecule has 0 fully saturated rings. The van der Waals surface area contributed by atoms with Crippen LogP contribution in [0.4, 0.5) is 0 Å². The predicted molar refractivity (Wildman–Crippen MR) is 94.3 cm³/mol. The molecule has 23 heavy (non-hydrogen) atoms. The van der Waals surface area contributed by atoms with Crippen LogP contribution in [-0.2, 0) is 4.79 Å². The van der Waals surface area contributed by atoms with Crippen molar-refractivity contribution in [3.63, 3.8) is 0 Å². The maximum atomic E-state index is 12.0. The van der Waals surface area contributed by atoms with Gasteiger partial charge in [-0.25, -0.2) is 4.99 Å². The van der Waals surface area contributed by atoms with Crippen LogP contribution in [0.25, 0.3) is 6.08 Å². The maximum absolute atomic E-state index is 12.0. The molecule has 2 aromatic carbocycles. The lowest BCUT2D eigenvalue weighted by atomic mass is 10.2. The third-order valence-corrected chi connectivity index (χ3v) is 4.02. The van der Waals surface area contributed by atoms with Crippen LogP contribution in [0.2, 0.25) is 0 Å². The molecule has 116 valence electrons. The van der Waals surface area contributed by atoms with Crippen molar-refractivity contribution in [2.24, 2.45) is 4.99 Å². The van der Waals surface area contributed by atoms with E-state index in [1.54, 1.807) is 6.08 Å². The van der Waals surface area contributed by atoms with Crippen molar-refractivity contribution >= 4 is 33.7 Å². The summed E-state index contributed by atoms with van der Waals surface area (Å²) in [4.78, 5) is 16.3. The number of aliphatic imine (C=N–C) groups is 1. The van der Waals surface area contributed by atoms with Crippen molar-refractivity contribution in [1.82, 2.24) is 5.32 Å². The van der Waals surface area contributed by atoms with Crippen LogP contribution in [0, 0.1) is 0 Å². The molecule has 0 aliphatic carbocycles. The third-order valence-electron chi connectivity index (χ3n) is 3.29. The number of amides is 1. The van der Waals surface area contributed by atoms with Crippen LogP contribution < -0.4 is 10.1 Å². The Kier molecular flexibility index (Phi) is 4.88. The molecular weight excluding hydrogens is 356 g/mol. The topological polar surface area (TPSA) is 50.7 Å². The minimum Gasteiger partial charge on any atom is -0.493 e. The Labute approximate surface area is 143 Å². The second-order valence-electron chi connectivity index (χ2n) is 4.98. The van der Waals surface area contributed by atoms with Gasteiger partial charge in [0.25, 0.3) is 5.91 Å². The normalized spacial score (nSPS) is 15.4. The molecule has 3 rings (SSSR count). The Hall–Kier alpha value is -2.40. The third kappa shape index (κ3) is 4.07. The molecule has 1 heterocycles. The minimum atomic E-state index is -0.185. The number of rotatable bonds is 5. The average Bonchev–Trinajstić information content (AvgIpc) is 2.90. The van der Waals surface area contributed by atoms with E-state index in [0.717, 1.165) is 15.8 Å². The lowest BCUT2D eigenvalue weighted by Gasteiger charge is -2.05. The summed E-state index contributed by atoms with van der Waals surface area (Å²) in [5, 5.41) is 2.78. The van der Waals surface area contributed by atoms with E-state index in [0.29, 0.717) is 24.6 Å². The summed E-state index contributed by atoms with van der Waals surface area (Å²) < 4.78 is 6.54. The highest BCUT2D eigenvalue weighted by Crippen LogP contribution is 2.21. The second kappa shape index (κ2) is 7.24. The summed E-state index contributed by atoms with van der Waals surface area (Å²) in [7, 11) is 0. The molecule has 1 aliphatic heterocycles. The molecule has 0 atom stereocenters. The first-order valence-corrected chi connectivity index (χ1v) is 8.05. The van der Waals surface area contributed by atoms with Crippen LogP contribution in [0.5, 0.6) is 5.75 Å². The largest absolute Gasteiger partial charge is 0.493 e. The number of amidine groups is 1. The summed E-state index contributed by atoms with van der Waals surface area (Å²) in [6.45, 7) is 0.464. The zero-order chi connectivity index (χ0) is 16.1. The summed E-state index contributed by atoms with van der Waals surface area (Å²) in [5.41, 5.74) is 1.33. The Bertz CT molecular complexity index is 770.